The van der Waals surface area contributed by atoms with Gasteiger partial charge in [-0.05, 0) is 24.3 Å². The van der Waals surface area contributed by atoms with E-state index in [1.54, 1.807) is 18.2 Å². The summed E-state index contributed by atoms with van der Waals surface area (Å²) in [5, 5.41) is 11.8. The van der Waals surface area contributed by atoms with Gasteiger partial charge in [0.1, 0.15) is 29.5 Å². The van der Waals surface area contributed by atoms with Crippen LogP contribution in [0.5, 0.6) is 0 Å². The van der Waals surface area contributed by atoms with Crippen LogP contribution in [0.3, 0.4) is 0 Å². The number of likely N-dealkylation sites (N-methyl/N-ethyl adjacent to an activating group) is 1. The molecule has 0 fully saturated rings. The fourth-order valence-corrected chi connectivity index (χ4v) is 2.76. The molecular formula is C19H12F6N6O. The molecule has 3 aromatic rings. The van der Waals surface area contributed by atoms with Crippen LogP contribution in [0.2, 0.25) is 0 Å². The van der Waals surface area contributed by atoms with Crippen LogP contribution in [0.25, 0.3) is 10.9 Å². The maximum absolute atomic E-state index is 13.2. The summed E-state index contributed by atoms with van der Waals surface area (Å²) in [6.07, 6.45) is -7.59. The first-order valence-electron chi connectivity index (χ1n) is 8.71. The average molecular weight is 454 g/mol. The number of hydrogen-bond acceptors (Lipinski definition) is 6. The molecule has 1 aromatic carbocycles. The zero-order chi connectivity index (χ0) is 23.7. The molecule has 0 saturated heterocycles. The molecule has 3 rings (SSSR count). The molecule has 0 atom stereocenters. The van der Waals surface area contributed by atoms with Crippen LogP contribution in [0, 0.1) is 11.3 Å². The van der Waals surface area contributed by atoms with Crippen LogP contribution in [-0.2, 0) is 17.1 Å². The Balaban J connectivity index is 1.89. The lowest BCUT2D eigenvalue weighted by atomic mass is 10.1. The van der Waals surface area contributed by atoms with E-state index in [0.29, 0.717) is 16.6 Å². The summed E-state index contributed by atoms with van der Waals surface area (Å²) in [5.41, 5.74) is -3.81. The van der Waals surface area contributed by atoms with Crippen LogP contribution in [0.4, 0.5) is 37.8 Å². The molecule has 2 aromatic heterocycles. The predicted molar refractivity (Wildman–Crippen MR) is 100 cm³/mol. The molecule has 32 heavy (non-hydrogen) atoms. The maximum atomic E-state index is 13.2. The lowest BCUT2D eigenvalue weighted by molar-refractivity contribution is -0.145. The van der Waals surface area contributed by atoms with E-state index in [1.807, 2.05) is 0 Å². The van der Waals surface area contributed by atoms with Crippen molar-refractivity contribution < 1.29 is 31.1 Å². The Bertz CT molecular complexity index is 1220. The number of fused-ring (bicyclic) bond motifs is 1. The van der Waals surface area contributed by atoms with Crippen molar-refractivity contribution in [1.29, 1.82) is 5.26 Å². The second-order valence-corrected chi connectivity index (χ2v) is 6.46. The van der Waals surface area contributed by atoms with Gasteiger partial charge in [-0.25, -0.2) is 15.0 Å². The van der Waals surface area contributed by atoms with E-state index in [-0.39, 0.29) is 6.07 Å². The molecule has 13 heteroatoms. The van der Waals surface area contributed by atoms with Crippen molar-refractivity contribution >= 4 is 28.3 Å². The van der Waals surface area contributed by atoms with Gasteiger partial charge in [-0.3, -0.25) is 4.79 Å². The van der Waals surface area contributed by atoms with Gasteiger partial charge >= 0.3 is 12.4 Å². The summed E-state index contributed by atoms with van der Waals surface area (Å²) in [4.78, 5) is 24.6. The zero-order valence-corrected chi connectivity index (χ0v) is 16.1. The van der Waals surface area contributed by atoms with Crippen LogP contribution in [0.1, 0.15) is 16.8 Å². The van der Waals surface area contributed by atoms with Crippen molar-refractivity contribution in [3.05, 3.63) is 53.6 Å². The van der Waals surface area contributed by atoms with Crippen molar-refractivity contribution in [3.8, 4) is 6.07 Å². The van der Waals surface area contributed by atoms with E-state index < -0.39 is 47.4 Å². The smallest absolute Gasteiger partial charge is 0.360 e. The zero-order valence-electron chi connectivity index (χ0n) is 16.1. The van der Waals surface area contributed by atoms with Gasteiger partial charge in [0.25, 0.3) is 0 Å². The Hall–Kier alpha value is -3.95. The number of hydrogen-bond donors (Lipinski definition) is 1. The normalized spacial score (nSPS) is 11.8. The number of nitriles is 1. The van der Waals surface area contributed by atoms with Gasteiger partial charge in [0.05, 0.1) is 17.6 Å². The quantitative estimate of drug-likeness (QED) is 0.599. The van der Waals surface area contributed by atoms with Crippen molar-refractivity contribution in [1.82, 2.24) is 15.0 Å². The molecule has 7 nitrogen and oxygen atoms in total. The number of aromatic nitrogens is 3. The summed E-state index contributed by atoms with van der Waals surface area (Å²) < 4.78 is 78.7. The van der Waals surface area contributed by atoms with Crippen molar-refractivity contribution in [2.45, 2.75) is 12.4 Å². The van der Waals surface area contributed by atoms with Crippen molar-refractivity contribution in [3.63, 3.8) is 0 Å². The molecule has 166 valence electrons. The molecule has 0 spiro atoms. The summed E-state index contributed by atoms with van der Waals surface area (Å²) >= 11 is 0. The highest BCUT2D eigenvalue weighted by atomic mass is 19.4. The summed E-state index contributed by atoms with van der Waals surface area (Å²) in [6.45, 7) is -0.722. The molecule has 0 aliphatic heterocycles. The van der Waals surface area contributed by atoms with Crippen molar-refractivity contribution in [2.75, 3.05) is 23.8 Å². The molecule has 0 aliphatic carbocycles. The monoisotopic (exact) mass is 454 g/mol. The predicted octanol–water partition coefficient (Wildman–Crippen LogP) is 4.01. The van der Waals surface area contributed by atoms with E-state index in [9.17, 15) is 31.1 Å². The largest absolute Gasteiger partial charge is 0.433 e. The van der Waals surface area contributed by atoms with Crippen molar-refractivity contribution in [2.24, 2.45) is 0 Å². The average Bonchev–Trinajstić information content (AvgIpc) is 2.74. The Kier molecular flexibility index (Phi) is 5.89. The van der Waals surface area contributed by atoms with Gasteiger partial charge < -0.3 is 10.2 Å². The third-order valence-corrected chi connectivity index (χ3v) is 4.38. The maximum Gasteiger partial charge on any atom is 0.433 e. The topological polar surface area (TPSA) is 94.8 Å². The molecule has 0 radical (unpaired) electrons. The van der Waals surface area contributed by atoms with E-state index in [2.05, 4.69) is 20.3 Å². The lowest BCUT2D eigenvalue weighted by Gasteiger charge is -2.20. The van der Waals surface area contributed by atoms with Crippen LogP contribution < -0.4 is 10.2 Å². The van der Waals surface area contributed by atoms with Crippen LogP contribution in [0.15, 0.2) is 36.8 Å². The number of anilines is 2. The number of carbonyl (C=O) groups is 1. The SMILES string of the molecule is CN(C(=O)CNc1nc(C(F)(F)F)cc(C(F)(F)F)c1C#N)c1ccc2ncncc2c1. The van der Waals surface area contributed by atoms with E-state index >= 15 is 0 Å². The van der Waals surface area contributed by atoms with Gasteiger partial charge in [0.2, 0.25) is 5.91 Å². The first-order valence-corrected chi connectivity index (χ1v) is 8.71. The molecule has 0 aliphatic rings. The molecule has 0 bridgehead atoms. The Morgan fingerprint density at radius 2 is 1.88 bits per heavy atom. The Morgan fingerprint density at radius 3 is 2.50 bits per heavy atom. The number of benzene rings is 1. The number of nitrogens with one attached hydrogen (secondary N) is 1. The number of rotatable bonds is 4. The second kappa shape index (κ2) is 8.29. The lowest BCUT2D eigenvalue weighted by Crippen LogP contribution is -2.32. The highest BCUT2D eigenvalue weighted by molar-refractivity contribution is 5.97. The van der Waals surface area contributed by atoms with Crippen LogP contribution >= 0.6 is 0 Å². The number of alkyl halides is 6. The second-order valence-electron chi connectivity index (χ2n) is 6.46. The minimum Gasteiger partial charge on any atom is -0.360 e. The van der Waals surface area contributed by atoms with Gasteiger partial charge in [-0.2, -0.15) is 31.6 Å². The fraction of sp³-hybridized carbons (Fsp3) is 0.211. The first-order chi connectivity index (χ1) is 14.9. The Labute approximate surface area is 176 Å². The number of nitrogens with zero attached hydrogens (tertiary/aromatic N) is 5. The molecule has 0 saturated carbocycles. The number of pyridine rings is 1. The fourth-order valence-electron chi connectivity index (χ4n) is 2.76. The minimum atomic E-state index is -5.24. The molecule has 2 heterocycles. The van der Waals surface area contributed by atoms with E-state index in [4.69, 9.17) is 5.26 Å². The van der Waals surface area contributed by atoms with E-state index in [0.717, 1.165) is 4.90 Å². The van der Waals surface area contributed by atoms with E-state index in [1.165, 1.54) is 25.6 Å². The third-order valence-electron chi connectivity index (χ3n) is 4.38. The number of amides is 1. The number of carbonyl (C=O) groups excluding carboxylic acids is 1. The first kappa shape index (κ1) is 22.7. The van der Waals surface area contributed by atoms with Crippen LogP contribution in [-0.4, -0.2) is 34.5 Å². The molecule has 0 unspecified atom stereocenters. The van der Waals surface area contributed by atoms with Gasteiger partial charge in [-0.1, -0.05) is 0 Å². The third kappa shape index (κ3) is 4.69. The minimum absolute atomic E-state index is 0.241. The van der Waals surface area contributed by atoms with Gasteiger partial charge in [0.15, 0.2) is 0 Å². The summed E-state index contributed by atoms with van der Waals surface area (Å²) in [6, 6.07) is 5.71. The molecular weight excluding hydrogens is 442 g/mol. The molecule has 1 N–H and O–H groups in total. The van der Waals surface area contributed by atoms with Gasteiger partial charge in [-0.15, -0.1) is 0 Å². The molecule has 1 amide bonds. The van der Waals surface area contributed by atoms with Gasteiger partial charge in [0, 0.05) is 24.3 Å². The highest BCUT2D eigenvalue weighted by Gasteiger charge is 2.41. The summed E-state index contributed by atoms with van der Waals surface area (Å²) in [5.74, 6) is -1.71. The standard InChI is InChI=1S/C19H12F6N6O/c1-31(11-2-3-14-10(4-11)7-27-9-29-14)16(32)8-28-17-12(6-26)13(18(20,21)22)5-15(30-17)19(23,24)25/h2-5,7,9H,8H2,1H3,(H,28,30). The Morgan fingerprint density at radius 1 is 1.16 bits per heavy atom. The summed E-state index contributed by atoms with van der Waals surface area (Å²) in [7, 11) is 1.36. The highest BCUT2D eigenvalue weighted by Crippen LogP contribution is 2.38. The number of halogens is 6.